The Balaban J connectivity index is 2.18. The molecule has 0 radical (unpaired) electrons. The Morgan fingerprint density at radius 1 is 1.33 bits per heavy atom. The van der Waals surface area contributed by atoms with Gasteiger partial charge in [-0.1, -0.05) is 22.0 Å². The standard InChI is InChI=1S/C14H18BrN3/c1-9-5-6-12(7-14(9)15)16-10(2)13-8-18(4)17-11(13)3/h5-8,10,16H,1-4H3. The number of hydrogen-bond donors (Lipinski definition) is 1. The molecule has 0 saturated carbocycles. The Kier molecular flexibility index (Phi) is 3.76. The van der Waals surface area contributed by atoms with E-state index in [2.05, 4.69) is 64.6 Å². The zero-order valence-electron chi connectivity index (χ0n) is 11.2. The van der Waals surface area contributed by atoms with Crippen molar-refractivity contribution in [2.45, 2.75) is 26.8 Å². The molecule has 0 aliphatic carbocycles. The highest BCUT2D eigenvalue weighted by atomic mass is 79.9. The second-order valence-electron chi connectivity index (χ2n) is 4.67. The molecule has 1 atom stereocenters. The van der Waals surface area contributed by atoms with E-state index >= 15 is 0 Å². The van der Waals surface area contributed by atoms with Gasteiger partial charge >= 0.3 is 0 Å². The summed E-state index contributed by atoms with van der Waals surface area (Å²) in [4.78, 5) is 0. The van der Waals surface area contributed by atoms with Gasteiger partial charge in [0.1, 0.15) is 0 Å². The Morgan fingerprint density at radius 2 is 2.06 bits per heavy atom. The van der Waals surface area contributed by atoms with E-state index in [-0.39, 0.29) is 6.04 Å². The van der Waals surface area contributed by atoms with E-state index in [0.717, 1.165) is 15.9 Å². The molecule has 1 N–H and O–H groups in total. The van der Waals surface area contributed by atoms with Crippen molar-refractivity contribution < 1.29 is 0 Å². The van der Waals surface area contributed by atoms with E-state index in [9.17, 15) is 0 Å². The molecular weight excluding hydrogens is 290 g/mol. The Bertz CT molecular complexity index is 560. The summed E-state index contributed by atoms with van der Waals surface area (Å²) in [5.74, 6) is 0. The average Bonchev–Trinajstić information content (AvgIpc) is 2.63. The van der Waals surface area contributed by atoms with Crippen LogP contribution in [0.15, 0.2) is 28.9 Å². The van der Waals surface area contributed by atoms with Crippen LogP contribution in [0.2, 0.25) is 0 Å². The van der Waals surface area contributed by atoms with Gasteiger partial charge in [0.15, 0.2) is 0 Å². The van der Waals surface area contributed by atoms with Crippen molar-refractivity contribution in [1.29, 1.82) is 0 Å². The summed E-state index contributed by atoms with van der Waals surface area (Å²) in [5, 5.41) is 7.87. The van der Waals surface area contributed by atoms with E-state index in [0.29, 0.717) is 0 Å². The molecule has 0 aliphatic heterocycles. The van der Waals surface area contributed by atoms with E-state index < -0.39 is 0 Å². The number of nitrogens with one attached hydrogen (secondary N) is 1. The first-order chi connectivity index (χ1) is 8.47. The van der Waals surface area contributed by atoms with Crippen molar-refractivity contribution >= 4 is 21.6 Å². The molecule has 1 aromatic heterocycles. The number of hydrogen-bond acceptors (Lipinski definition) is 2. The summed E-state index contributed by atoms with van der Waals surface area (Å²) in [6.07, 6.45) is 2.07. The molecule has 2 rings (SSSR count). The molecule has 0 saturated heterocycles. The summed E-state index contributed by atoms with van der Waals surface area (Å²) >= 11 is 3.55. The van der Waals surface area contributed by atoms with Gasteiger partial charge in [-0.25, -0.2) is 0 Å². The van der Waals surface area contributed by atoms with Gasteiger partial charge < -0.3 is 5.32 Å². The van der Waals surface area contributed by atoms with Crippen molar-refractivity contribution in [2.75, 3.05) is 5.32 Å². The van der Waals surface area contributed by atoms with Crippen LogP contribution in [0, 0.1) is 13.8 Å². The Labute approximate surface area is 116 Å². The maximum atomic E-state index is 4.37. The maximum absolute atomic E-state index is 4.37. The van der Waals surface area contributed by atoms with Crippen LogP contribution >= 0.6 is 15.9 Å². The predicted octanol–water partition coefficient (Wildman–Crippen LogP) is 3.97. The minimum atomic E-state index is 0.244. The molecule has 0 amide bonds. The average molecular weight is 308 g/mol. The number of rotatable bonds is 3. The summed E-state index contributed by atoms with van der Waals surface area (Å²) in [6, 6.07) is 6.56. The topological polar surface area (TPSA) is 29.9 Å². The van der Waals surface area contributed by atoms with Crippen molar-refractivity contribution in [2.24, 2.45) is 7.05 Å². The van der Waals surface area contributed by atoms with Gasteiger partial charge in [-0.2, -0.15) is 5.10 Å². The van der Waals surface area contributed by atoms with Crippen LogP contribution in [-0.2, 0) is 7.05 Å². The van der Waals surface area contributed by atoms with E-state index in [1.54, 1.807) is 0 Å². The second kappa shape index (κ2) is 5.14. The Morgan fingerprint density at radius 3 is 2.61 bits per heavy atom. The lowest BCUT2D eigenvalue weighted by atomic mass is 10.1. The lowest BCUT2D eigenvalue weighted by Crippen LogP contribution is -2.07. The molecule has 3 nitrogen and oxygen atoms in total. The van der Waals surface area contributed by atoms with Gasteiger partial charge in [0, 0.05) is 29.0 Å². The van der Waals surface area contributed by atoms with Gasteiger partial charge in [0.2, 0.25) is 0 Å². The maximum Gasteiger partial charge on any atom is 0.0646 e. The van der Waals surface area contributed by atoms with Crippen molar-refractivity contribution in [3.8, 4) is 0 Å². The number of halogens is 1. The van der Waals surface area contributed by atoms with E-state index in [4.69, 9.17) is 0 Å². The highest BCUT2D eigenvalue weighted by molar-refractivity contribution is 9.10. The highest BCUT2D eigenvalue weighted by Crippen LogP contribution is 2.25. The summed E-state index contributed by atoms with van der Waals surface area (Å²) in [7, 11) is 1.95. The van der Waals surface area contributed by atoms with Crippen LogP contribution in [0.3, 0.4) is 0 Å². The first-order valence-electron chi connectivity index (χ1n) is 6.00. The highest BCUT2D eigenvalue weighted by Gasteiger charge is 2.11. The molecule has 1 unspecified atom stereocenters. The summed E-state index contributed by atoms with van der Waals surface area (Å²) < 4.78 is 2.98. The van der Waals surface area contributed by atoms with Crippen molar-refractivity contribution in [1.82, 2.24) is 9.78 Å². The molecule has 1 aromatic carbocycles. The van der Waals surface area contributed by atoms with Crippen LogP contribution in [-0.4, -0.2) is 9.78 Å². The van der Waals surface area contributed by atoms with Crippen LogP contribution in [0.25, 0.3) is 0 Å². The summed E-state index contributed by atoms with van der Waals surface area (Å²) in [5.41, 5.74) is 4.66. The fourth-order valence-electron chi connectivity index (χ4n) is 2.05. The van der Waals surface area contributed by atoms with Crippen molar-refractivity contribution in [3.05, 3.63) is 45.7 Å². The lowest BCUT2D eigenvalue weighted by molar-refractivity contribution is 0.756. The minimum Gasteiger partial charge on any atom is -0.378 e. The van der Waals surface area contributed by atoms with Crippen LogP contribution in [0.5, 0.6) is 0 Å². The molecule has 0 bridgehead atoms. The largest absolute Gasteiger partial charge is 0.378 e. The number of benzene rings is 1. The first kappa shape index (κ1) is 13.1. The normalized spacial score (nSPS) is 12.5. The number of anilines is 1. The predicted molar refractivity (Wildman–Crippen MR) is 78.9 cm³/mol. The van der Waals surface area contributed by atoms with Gasteiger partial charge in [0.25, 0.3) is 0 Å². The van der Waals surface area contributed by atoms with Crippen LogP contribution < -0.4 is 5.32 Å². The van der Waals surface area contributed by atoms with E-state index in [1.165, 1.54) is 11.1 Å². The summed E-state index contributed by atoms with van der Waals surface area (Å²) in [6.45, 7) is 6.28. The number of nitrogens with zero attached hydrogens (tertiary/aromatic N) is 2. The molecule has 0 spiro atoms. The van der Waals surface area contributed by atoms with Gasteiger partial charge in [0.05, 0.1) is 11.7 Å². The molecule has 18 heavy (non-hydrogen) atoms. The third-order valence-electron chi connectivity index (χ3n) is 3.07. The molecule has 0 aliphatic rings. The quantitative estimate of drug-likeness (QED) is 0.929. The SMILES string of the molecule is Cc1ccc(NC(C)c2cn(C)nc2C)cc1Br. The van der Waals surface area contributed by atoms with Crippen LogP contribution in [0.4, 0.5) is 5.69 Å². The van der Waals surface area contributed by atoms with Gasteiger partial charge in [-0.15, -0.1) is 0 Å². The van der Waals surface area contributed by atoms with Gasteiger partial charge in [-0.05, 0) is 38.5 Å². The lowest BCUT2D eigenvalue weighted by Gasteiger charge is -2.15. The first-order valence-corrected chi connectivity index (χ1v) is 6.79. The fraction of sp³-hybridized carbons (Fsp3) is 0.357. The van der Waals surface area contributed by atoms with Gasteiger partial charge in [-0.3, -0.25) is 4.68 Å². The Hall–Kier alpha value is -1.29. The second-order valence-corrected chi connectivity index (χ2v) is 5.53. The van der Waals surface area contributed by atoms with Crippen LogP contribution in [0.1, 0.15) is 29.8 Å². The monoisotopic (exact) mass is 307 g/mol. The third kappa shape index (κ3) is 2.75. The smallest absolute Gasteiger partial charge is 0.0646 e. The van der Waals surface area contributed by atoms with Crippen molar-refractivity contribution in [3.63, 3.8) is 0 Å². The number of aryl methyl sites for hydroxylation is 3. The van der Waals surface area contributed by atoms with E-state index in [1.807, 2.05) is 18.7 Å². The number of aromatic nitrogens is 2. The fourth-order valence-corrected chi connectivity index (χ4v) is 2.43. The zero-order chi connectivity index (χ0) is 13.3. The third-order valence-corrected chi connectivity index (χ3v) is 3.93. The minimum absolute atomic E-state index is 0.244. The molecule has 2 aromatic rings. The zero-order valence-corrected chi connectivity index (χ0v) is 12.7. The molecule has 0 fully saturated rings. The molecule has 1 heterocycles. The molecule has 96 valence electrons. The molecule has 4 heteroatoms. The molecular formula is C14H18BrN3.